The average molecular weight is 167 g/mol. The van der Waals surface area contributed by atoms with Gasteiger partial charge in [-0.1, -0.05) is 23.4 Å². The molecular weight excluding hydrogens is 160 g/mol. The highest BCUT2D eigenvalue weighted by atomic mass is 35.5. The summed E-state index contributed by atoms with van der Waals surface area (Å²) in [5.74, 6) is 5.55. The van der Waals surface area contributed by atoms with Crippen LogP contribution in [-0.4, -0.2) is 11.5 Å². The standard InChI is InChI=1S/C8H7ClN2/c9-8-4-3-7(6-11-8)2-1-5-10/h3-4,6H,5,10H2. The van der Waals surface area contributed by atoms with Gasteiger partial charge < -0.3 is 5.73 Å². The van der Waals surface area contributed by atoms with Crippen molar-refractivity contribution in [3.63, 3.8) is 0 Å². The van der Waals surface area contributed by atoms with Gasteiger partial charge in [-0.25, -0.2) is 4.98 Å². The number of rotatable bonds is 0. The van der Waals surface area contributed by atoms with Gasteiger partial charge in [-0.15, -0.1) is 0 Å². The normalized spacial score (nSPS) is 8.55. The highest BCUT2D eigenvalue weighted by molar-refractivity contribution is 6.29. The molecule has 0 aliphatic heterocycles. The van der Waals surface area contributed by atoms with E-state index in [1.807, 2.05) is 0 Å². The molecule has 0 spiro atoms. The van der Waals surface area contributed by atoms with Gasteiger partial charge in [0.15, 0.2) is 0 Å². The molecule has 2 nitrogen and oxygen atoms in total. The van der Waals surface area contributed by atoms with Crippen LogP contribution in [0.25, 0.3) is 0 Å². The smallest absolute Gasteiger partial charge is 0.129 e. The first-order chi connectivity index (χ1) is 5.33. The number of hydrogen-bond donors (Lipinski definition) is 1. The number of nitrogens with zero attached hydrogens (tertiary/aromatic N) is 1. The number of aromatic nitrogens is 1. The summed E-state index contributed by atoms with van der Waals surface area (Å²) in [5.41, 5.74) is 6.02. The summed E-state index contributed by atoms with van der Waals surface area (Å²) in [5, 5.41) is 0.475. The van der Waals surface area contributed by atoms with Crippen LogP contribution in [0.2, 0.25) is 5.15 Å². The molecule has 1 rings (SSSR count). The molecule has 0 fully saturated rings. The van der Waals surface area contributed by atoms with Crippen LogP contribution in [0.1, 0.15) is 5.56 Å². The largest absolute Gasteiger partial charge is 0.320 e. The molecule has 0 radical (unpaired) electrons. The SMILES string of the molecule is NCC#Cc1ccc(Cl)nc1. The van der Waals surface area contributed by atoms with E-state index in [0.717, 1.165) is 5.56 Å². The van der Waals surface area contributed by atoms with Crippen LogP contribution in [0.5, 0.6) is 0 Å². The second-order valence-corrected chi connectivity index (χ2v) is 2.26. The van der Waals surface area contributed by atoms with E-state index >= 15 is 0 Å². The summed E-state index contributed by atoms with van der Waals surface area (Å²) in [4.78, 5) is 3.85. The fourth-order valence-corrected chi connectivity index (χ4v) is 0.715. The second-order valence-electron chi connectivity index (χ2n) is 1.88. The minimum absolute atomic E-state index is 0.364. The Morgan fingerprint density at radius 1 is 1.55 bits per heavy atom. The molecule has 11 heavy (non-hydrogen) atoms. The summed E-state index contributed by atoms with van der Waals surface area (Å²) >= 11 is 5.56. The van der Waals surface area contributed by atoms with Crippen LogP contribution in [0.3, 0.4) is 0 Å². The first-order valence-corrected chi connectivity index (χ1v) is 3.51. The van der Waals surface area contributed by atoms with E-state index in [1.54, 1.807) is 18.3 Å². The Morgan fingerprint density at radius 2 is 2.36 bits per heavy atom. The molecule has 1 aromatic heterocycles. The molecule has 0 saturated heterocycles. The lowest BCUT2D eigenvalue weighted by Gasteiger charge is -1.88. The Balaban J connectivity index is 2.82. The van der Waals surface area contributed by atoms with E-state index in [1.165, 1.54) is 0 Å². The highest BCUT2D eigenvalue weighted by Gasteiger charge is 1.86. The molecule has 0 saturated carbocycles. The van der Waals surface area contributed by atoms with Gasteiger partial charge in [-0.3, -0.25) is 0 Å². The molecule has 0 bridgehead atoms. The summed E-state index contributed by atoms with van der Waals surface area (Å²) in [6.07, 6.45) is 1.62. The molecule has 3 heteroatoms. The van der Waals surface area contributed by atoms with Gasteiger partial charge in [0.25, 0.3) is 0 Å². The van der Waals surface area contributed by atoms with Crippen molar-refractivity contribution in [2.45, 2.75) is 0 Å². The maximum Gasteiger partial charge on any atom is 0.129 e. The third-order valence-corrected chi connectivity index (χ3v) is 1.29. The number of nitrogens with two attached hydrogens (primary N) is 1. The van der Waals surface area contributed by atoms with Crippen molar-refractivity contribution >= 4 is 11.6 Å². The van der Waals surface area contributed by atoms with Gasteiger partial charge in [0.05, 0.1) is 6.54 Å². The number of pyridine rings is 1. The van der Waals surface area contributed by atoms with Crippen molar-refractivity contribution in [3.05, 3.63) is 29.0 Å². The van der Waals surface area contributed by atoms with Crippen LogP contribution in [-0.2, 0) is 0 Å². The Hall–Kier alpha value is -1.04. The van der Waals surface area contributed by atoms with Crippen LogP contribution in [0.4, 0.5) is 0 Å². The van der Waals surface area contributed by atoms with E-state index in [2.05, 4.69) is 16.8 Å². The lowest BCUT2D eigenvalue weighted by atomic mass is 10.3. The number of hydrogen-bond acceptors (Lipinski definition) is 2. The van der Waals surface area contributed by atoms with Crippen molar-refractivity contribution < 1.29 is 0 Å². The Bertz CT molecular complexity index is 281. The molecule has 56 valence electrons. The monoisotopic (exact) mass is 166 g/mol. The molecule has 0 aromatic carbocycles. The van der Waals surface area contributed by atoms with Crippen LogP contribution in [0.15, 0.2) is 18.3 Å². The third kappa shape index (κ3) is 2.58. The predicted molar refractivity (Wildman–Crippen MR) is 45.2 cm³/mol. The Labute approximate surface area is 70.4 Å². The van der Waals surface area contributed by atoms with Crippen molar-refractivity contribution in [2.75, 3.05) is 6.54 Å². The molecule has 1 heterocycles. The highest BCUT2D eigenvalue weighted by Crippen LogP contribution is 2.03. The summed E-state index contributed by atoms with van der Waals surface area (Å²) < 4.78 is 0. The van der Waals surface area contributed by atoms with E-state index in [4.69, 9.17) is 17.3 Å². The molecule has 0 atom stereocenters. The lowest BCUT2D eigenvalue weighted by molar-refractivity contribution is 1.29. The van der Waals surface area contributed by atoms with Crippen molar-refractivity contribution in [1.29, 1.82) is 0 Å². The molecule has 2 N–H and O–H groups in total. The van der Waals surface area contributed by atoms with Crippen molar-refractivity contribution in [3.8, 4) is 11.8 Å². The molecule has 1 aromatic rings. The van der Waals surface area contributed by atoms with E-state index in [-0.39, 0.29) is 0 Å². The molecule has 0 amide bonds. The van der Waals surface area contributed by atoms with Crippen LogP contribution >= 0.6 is 11.6 Å². The van der Waals surface area contributed by atoms with Crippen molar-refractivity contribution in [1.82, 2.24) is 4.98 Å². The quantitative estimate of drug-likeness (QED) is 0.462. The summed E-state index contributed by atoms with van der Waals surface area (Å²) in [7, 11) is 0. The van der Waals surface area contributed by atoms with Crippen molar-refractivity contribution in [2.24, 2.45) is 5.73 Å². The second kappa shape index (κ2) is 3.97. The zero-order chi connectivity index (χ0) is 8.10. The lowest BCUT2D eigenvalue weighted by Crippen LogP contribution is -1.93. The fourth-order valence-electron chi connectivity index (χ4n) is 0.603. The topological polar surface area (TPSA) is 38.9 Å². The maximum absolute atomic E-state index is 5.56. The minimum Gasteiger partial charge on any atom is -0.320 e. The molecule has 0 aliphatic carbocycles. The van der Waals surface area contributed by atoms with Gasteiger partial charge in [0, 0.05) is 11.8 Å². The van der Waals surface area contributed by atoms with E-state index in [9.17, 15) is 0 Å². The van der Waals surface area contributed by atoms with Gasteiger partial charge in [0.1, 0.15) is 5.15 Å². The first kappa shape index (κ1) is 8.06. The van der Waals surface area contributed by atoms with Gasteiger partial charge in [-0.2, -0.15) is 0 Å². The van der Waals surface area contributed by atoms with Gasteiger partial charge in [0.2, 0.25) is 0 Å². The minimum atomic E-state index is 0.364. The van der Waals surface area contributed by atoms with Crippen LogP contribution < -0.4 is 5.73 Å². The summed E-state index contributed by atoms with van der Waals surface area (Å²) in [6, 6.07) is 3.50. The Morgan fingerprint density at radius 3 is 2.91 bits per heavy atom. The van der Waals surface area contributed by atoms with Gasteiger partial charge >= 0.3 is 0 Å². The average Bonchev–Trinajstić information content (AvgIpc) is 2.04. The molecular formula is C8H7ClN2. The van der Waals surface area contributed by atoms with Gasteiger partial charge in [-0.05, 0) is 12.1 Å². The third-order valence-electron chi connectivity index (χ3n) is 1.06. The van der Waals surface area contributed by atoms with E-state index < -0.39 is 0 Å². The van der Waals surface area contributed by atoms with Crippen LogP contribution in [0, 0.1) is 11.8 Å². The zero-order valence-corrected chi connectivity index (χ0v) is 6.60. The molecule has 0 unspecified atom stereocenters. The predicted octanol–water partition coefficient (Wildman–Crippen LogP) is 1.05. The fraction of sp³-hybridized carbons (Fsp3) is 0.125. The first-order valence-electron chi connectivity index (χ1n) is 3.13. The zero-order valence-electron chi connectivity index (χ0n) is 5.84. The molecule has 0 aliphatic rings. The summed E-state index contributed by atoms with van der Waals surface area (Å²) in [6.45, 7) is 0.364. The number of halogens is 1. The Kier molecular flexibility index (Phi) is 2.91. The maximum atomic E-state index is 5.56. The van der Waals surface area contributed by atoms with E-state index in [0.29, 0.717) is 11.7 Å².